The first-order valence-electron chi connectivity index (χ1n) is 10.3. The lowest BCUT2D eigenvalue weighted by molar-refractivity contribution is 0.101. The molecule has 0 saturated carbocycles. The molecule has 2 aromatic heterocycles. The van der Waals surface area contributed by atoms with Gasteiger partial charge in [-0.2, -0.15) is 0 Å². The molecule has 0 aliphatic carbocycles. The Balaban J connectivity index is 1.94. The van der Waals surface area contributed by atoms with Crippen molar-refractivity contribution in [3.63, 3.8) is 0 Å². The summed E-state index contributed by atoms with van der Waals surface area (Å²) in [4.78, 5) is 17.6. The second kappa shape index (κ2) is 8.78. The number of nitrogens with zero attached hydrogens (tertiary/aromatic N) is 2. The summed E-state index contributed by atoms with van der Waals surface area (Å²) in [5.41, 5.74) is 2.80. The fraction of sp³-hybridized carbons (Fsp3) is 0.417. The number of hydrogen-bond acceptors (Lipinski definition) is 4. The zero-order valence-corrected chi connectivity index (χ0v) is 18.7. The monoisotopic (exact) mass is 409 g/mol. The number of pyridine rings is 1. The van der Waals surface area contributed by atoms with Gasteiger partial charge >= 0.3 is 0 Å². The summed E-state index contributed by atoms with van der Waals surface area (Å²) in [6.45, 7) is 9.03. The molecule has 0 aliphatic rings. The molecule has 6 nitrogen and oxygen atoms in total. The Morgan fingerprint density at radius 1 is 1.20 bits per heavy atom. The Kier molecular flexibility index (Phi) is 6.34. The molecule has 3 aromatic rings. The summed E-state index contributed by atoms with van der Waals surface area (Å²) in [5, 5.41) is 3.96. The van der Waals surface area contributed by atoms with Gasteiger partial charge in [0.1, 0.15) is 11.4 Å². The van der Waals surface area contributed by atoms with Crippen LogP contribution >= 0.6 is 0 Å². The fourth-order valence-corrected chi connectivity index (χ4v) is 3.34. The van der Waals surface area contributed by atoms with Crippen LogP contribution in [0.4, 0.5) is 5.69 Å². The third-order valence-corrected chi connectivity index (χ3v) is 5.11. The minimum atomic E-state index is -0.211. The summed E-state index contributed by atoms with van der Waals surface area (Å²) in [7, 11) is 3.45. The standard InChI is InChI=1S/C24H31N3O3/c1-7-8-12-30-19-11-9-10-16-13-18(27(5)22(16)19)23(28)26-17-14-21(24(2,3)4)25-15-20(17)29-6/h9-11,13-15H,7-8,12H2,1-6H3,(H,25,26,28). The number of aromatic nitrogens is 2. The molecule has 3 rings (SSSR count). The van der Waals surface area contributed by atoms with Gasteiger partial charge in [0, 0.05) is 23.5 Å². The van der Waals surface area contributed by atoms with E-state index in [-0.39, 0.29) is 11.3 Å². The van der Waals surface area contributed by atoms with Gasteiger partial charge < -0.3 is 19.4 Å². The van der Waals surface area contributed by atoms with E-state index in [2.05, 4.69) is 38.0 Å². The van der Waals surface area contributed by atoms with Crippen LogP contribution in [-0.2, 0) is 12.5 Å². The van der Waals surface area contributed by atoms with E-state index in [1.807, 2.05) is 41.9 Å². The number of rotatable bonds is 7. The third kappa shape index (κ3) is 4.42. The number of nitrogens with one attached hydrogen (secondary N) is 1. The van der Waals surface area contributed by atoms with Crippen LogP contribution in [0.3, 0.4) is 0 Å². The number of unbranched alkanes of at least 4 members (excludes halogenated alkanes) is 1. The molecule has 0 atom stereocenters. The number of anilines is 1. The average Bonchev–Trinajstić information content (AvgIpc) is 3.05. The van der Waals surface area contributed by atoms with Gasteiger partial charge in [0.05, 0.1) is 31.1 Å². The number of amides is 1. The number of carbonyl (C=O) groups excluding carboxylic acids is 1. The van der Waals surface area contributed by atoms with Crippen molar-refractivity contribution in [2.45, 2.75) is 46.0 Å². The molecule has 0 spiro atoms. The van der Waals surface area contributed by atoms with Gasteiger partial charge in [-0.15, -0.1) is 0 Å². The number of fused-ring (bicyclic) bond motifs is 1. The highest BCUT2D eigenvalue weighted by Crippen LogP contribution is 2.32. The van der Waals surface area contributed by atoms with Gasteiger partial charge in [-0.05, 0) is 24.6 Å². The highest BCUT2D eigenvalue weighted by atomic mass is 16.5. The van der Waals surface area contributed by atoms with Crippen LogP contribution < -0.4 is 14.8 Å². The minimum Gasteiger partial charge on any atom is -0.493 e. The zero-order chi connectivity index (χ0) is 21.9. The quantitative estimate of drug-likeness (QED) is 0.537. The number of aryl methyl sites for hydroxylation is 1. The van der Waals surface area contributed by atoms with Crippen LogP contribution in [0, 0.1) is 0 Å². The maximum absolute atomic E-state index is 13.2. The van der Waals surface area contributed by atoms with Crippen LogP contribution in [0.2, 0.25) is 0 Å². The van der Waals surface area contributed by atoms with Crippen LogP contribution in [0.5, 0.6) is 11.5 Å². The smallest absolute Gasteiger partial charge is 0.272 e. The summed E-state index contributed by atoms with van der Waals surface area (Å²) < 4.78 is 13.2. The highest BCUT2D eigenvalue weighted by Gasteiger charge is 2.21. The van der Waals surface area contributed by atoms with Crippen molar-refractivity contribution in [2.75, 3.05) is 19.0 Å². The van der Waals surface area contributed by atoms with Gasteiger partial charge in [-0.1, -0.05) is 46.2 Å². The van der Waals surface area contributed by atoms with Crippen molar-refractivity contribution < 1.29 is 14.3 Å². The molecule has 0 unspecified atom stereocenters. The lowest BCUT2D eigenvalue weighted by atomic mass is 9.91. The third-order valence-electron chi connectivity index (χ3n) is 5.11. The van der Waals surface area contributed by atoms with Crippen molar-refractivity contribution in [1.82, 2.24) is 9.55 Å². The molecule has 6 heteroatoms. The Labute approximate surface area is 178 Å². The molecule has 1 aromatic carbocycles. The Morgan fingerprint density at radius 2 is 1.97 bits per heavy atom. The maximum atomic E-state index is 13.2. The second-order valence-corrected chi connectivity index (χ2v) is 8.46. The fourth-order valence-electron chi connectivity index (χ4n) is 3.34. The van der Waals surface area contributed by atoms with Gasteiger partial charge in [0.2, 0.25) is 0 Å². The molecule has 0 bridgehead atoms. The molecular weight excluding hydrogens is 378 g/mol. The Bertz CT molecular complexity index is 1050. The van der Waals surface area contributed by atoms with Crippen molar-refractivity contribution in [3.8, 4) is 11.5 Å². The van der Waals surface area contributed by atoms with E-state index >= 15 is 0 Å². The summed E-state index contributed by atoms with van der Waals surface area (Å²) in [6.07, 6.45) is 3.71. The normalized spacial score (nSPS) is 11.5. The number of hydrogen-bond donors (Lipinski definition) is 1. The van der Waals surface area contributed by atoms with Gasteiger partial charge in [-0.3, -0.25) is 9.78 Å². The molecule has 160 valence electrons. The van der Waals surface area contributed by atoms with E-state index in [4.69, 9.17) is 9.47 Å². The van der Waals surface area contributed by atoms with E-state index in [0.29, 0.717) is 23.7 Å². The number of para-hydroxylation sites is 1. The van der Waals surface area contributed by atoms with Gasteiger partial charge in [0.15, 0.2) is 5.75 Å². The minimum absolute atomic E-state index is 0.143. The van der Waals surface area contributed by atoms with E-state index in [1.165, 1.54) is 0 Å². The number of ether oxygens (including phenoxy) is 2. The van der Waals surface area contributed by atoms with Crippen LogP contribution in [-0.4, -0.2) is 29.2 Å². The van der Waals surface area contributed by atoms with Crippen molar-refractivity contribution in [2.24, 2.45) is 7.05 Å². The lowest BCUT2D eigenvalue weighted by Gasteiger charge is -2.20. The largest absolute Gasteiger partial charge is 0.493 e. The second-order valence-electron chi connectivity index (χ2n) is 8.46. The first-order chi connectivity index (χ1) is 14.3. The number of carbonyl (C=O) groups is 1. The molecule has 0 saturated heterocycles. The predicted molar refractivity (Wildman–Crippen MR) is 121 cm³/mol. The van der Waals surface area contributed by atoms with Crippen molar-refractivity contribution in [3.05, 3.63) is 47.9 Å². The molecule has 2 heterocycles. The molecule has 0 radical (unpaired) electrons. The Morgan fingerprint density at radius 3 is 2.63 bits per heavy atom. The summed E-state index contributed by atoms with van der Waals surface area (Å²) in [6, 6.07) is 9.64. The molecule has 1 N–H and O–H groups in total. The molecule has 0 fully saturated rings. The summed E-state index contributed by atoms with van der Waals surface area (Å²) in [5.74, 6) is 1.11. The lowest BCUT2D eigenvalue weighted by Crippen LogP contribution is -2.18. The first-order valence-corrected chi connectivity index (χ1v) is 10.3. The zero-order valence-electron chi connectivity index (χ0n) is 18.7. The topological polar surface area (TPSA) is 65.4 Å². The molecule has 1 amide bonds. The molecule has 0 aliphatic heterocycles. The number of benzene rings is 1. The molecule has 30 heavy (non-hydrogen) atoms. The maximum Gasteiger partial charge on any atom is 0.272 e. The average molecular weight is 410 g/mol. The van der Waals surface area contributed by atoms with E-state index < -0.39 is 0 Å². The van der Waals surface area contributed by atoms with E-state index in [0.717, 1.165) is 35.2 Å². The van der Waals surface area contributed by atoms with Crippen LogP contribution in [0.15, 0.2) is 36.5 Å². The highest BCUT2D eigenvalue weighted by molar-refractivity contribution is 6.07. The summed E-state index contributed by atoms with van der Waals surface area (Å²) >= 11 is 0. The van der Waals surface area contributed by atoms with Crippen molar-refractivity contribution >= 4 is 22.5 Å². The van der Waals surface area contributed by atoms with Gasteiger partial charge in [-0.25, -0.2) is 0 Å². The molecular formula is C24H31N3O3. The van der Waals surface area contributed by atoms with Crippen LogP contribution in [0.1, 0.15) is 56.7 Å². The van der Waals surface area contributed by atoms with E-state index in [9.17, 15) is 4.79 Å². The van der Waals surface area contributed by atoms with E-state index in [1.54, 1.807) is 13.3 Å². The van der Waals surface area contributed by atoms with Crippen LogP contribution in [0.25, 0.3) is 10.9 Å². The Hall–Kier alpha value is -3.02. The van der Waals surface area contributed by atoms with Crippen molar-refractivity contribution in [1.29, 1.82) is 0 Å². The number of methoxy groups -OCH3 is 1. The predicted octanol–water partition coefficient (Wildman–Crippen LogP) is 5.31. The SMILES string of the molecule is CCCCOc1cccc2cc(C(=O)Nc3cc(C(C)(C)C)ncc3OC)n(C)c12. The van der Waals surface area contributed by atoms with Gasteiger partial charge in [0.25, 0.3) is 5.91 Å². The first kappa shape index (κ1) is 21.7.